The lowest BCUT2D eigenvalue weighted by molar-refractivity contribution is -0.358. The third-order valence-corrected chi connectivity index (χ3v) is 37.0. The van der Waals surface area contributed by atoms with Crippen LogP contribution in [0.3, 0.4) is 0 Å². The van der Waals surface area contributed by atoms with Crippen molar-refractivity contribution in [2.45, 2.75) is 459 Å². The summed E-state index contributed by atoms with van der Waals surface area (Å²) in [4.78, 5) is 0. The van der Waals surface area contributed by atoms with Crippen molar-refractivity contribution in [1.82, 2.24) is 0 Å². The molecule has 0 aromatic heterocycles. The van der Waals surface area contributed by atoms with E-state index in [4.69, 9.17) is 75.8 Å². The second-order valence-corrected chi connectivity index (χ2v) is 43.6. The van der Waals surface area contributed by atoms with Crippen molar-refractivity contribution in [3.05, 3.63) is 0 Å². The lowest BCUT2D eigenvalue weighted by Gasteiger charge is -2.60. The van der Waals surface area contributed by atoms with Crippen LogP contribution in [0.5, 0.6) is 0 Å². The average Bonchev–Trinajstić information content (AvgIpc) is 1.35. The van der Waals surface area contributed by atoms with Crippen molar-refractivity contribution in [1.29, 1.82) is 0 Å². The molecule has 0 amide bonds. The number of ether oxygens (including phenoxy) is 16. The highest BCUT2D eigenvalue weighted by molar-refractivity contribution is 5.10. The highest BCUT2D eigenvalue weighted by atomic mass is 16.8. The van der Waals surface area contributed by atoms with Gasteiger partial charge in [0.1, 0.15) is 0 Å². The Morgan fingerprint density at radius 1 is 0.148 bits per heavy atom. The van der Waals surface area contributed by atoms with Crippen molar-refractivity contribution in [2.75, 3.05) is 112 Å². The van der Waals surface area contributed by atoms with Crippen LogP contribution in [0, 0.1) is 142 Å². The first kappa shape index (κ1) is 105. The summed E-state index contributed by atoms with van der Waals surface area (Å²) in [6.07, 6.45) is 62.8. The first-order chi connectivity index (χ1) is 63.0. The summed E-state index contributed by atoms with van der Waals surface area (Å²) in [5.41, 5.74) is 0.168. The molecule has 32 aliphatic rings. The molecule has 24 saturated carbocycles. The van der Waals surface area contributed by atoms with Crippen molar-refractivity contribution in [2.24, 2.45) is 142 Å². The van der Waals surface area contributed by atoms with Crippen LogP contribution in [0.4, 0.5) is 0 Å². The fraction of sp³-hybridized carbons (Fsp3) is 1.00. The van der Waals surface area contributed by atoms with Crippen molar-refractivity contribution in [3.8, 4) is 0 Å². The minimum atomic E-state index is -0.145. The molecule has 0 N–H and O–H groups in total. The molecule has 9 unspecified atom stereocenters. The van der Waals surface area contributed by atoms with Gasteiger partial charge in [0, 0.05) is 84.4 Å². The second kappa shape index (κ2) is 50.0. The van der Waals surface area contributed by atoms with Gasteiger partial charge < -0.3 is 75.8 Å². The molecule has 24 bridgehead atoms. The fourth-order valence-corrected chi connectivity index (χ4v) is 33.1. The average molecular weight is 1800 g/mol. The van der Waals surface area contributed by atoms with Crippen LogP contribution in [0.25, 0.3) is 0 Å². The lowest BCUT2D eigenvalue weighted by Crippen LogP contribution is -2.61. The Balaban J connectivity index is 0.000000122. The largest absolute Gasteiger partial charge is 0.376 e. The molecule has 16 nitrogen and oxygen atoms in total. The van der Waals surface area contributed by atoms with Crippen LogP contribution in [-0.2, 0) is 75.8 Å². The van der Waals surface area contributed by atoms with E-state index in [0.29, 0.717) is 5.92 Å². The zero-order chi connectivity index (χ0) is 90.4. The quantitative estimate of drug-likeness (QED) is 0.226. The van der Waals surface area contributed by atoms with Crippen LogP contribution in [0.1, 0.15) is 413 Å². The van der Waals surface area contributed by atoms with E-state index in [-0.39, 0.29) is 46.1 Å². The van der Waals surface area contributed by atoms with E-state index in [0.717, 1.165) is 255 Å². The van der Waals surface area contributed by atoms with Gasteiger partial charge in [0.15, 0.2) is 40.5 Å². The molecule has 128 heavy (non-hydrogen) atoms. The Labute approximate surface area is 784 Å². The molecule has 8 spiro atoms. The van der Waals surface area contributed by atoms with E-state index in [9.17, 15) is 0 Å². The Bertz CT molecular complexity index is 2930. The highest BCUT2D eigenvalue weighted by Gasteiger charge is 2.66. The summed E-state index contributed by atoms with van der Waals surface area (Å²) in [6.45, 7) is 47.1. The molecule has 24 aliphatic carbocycles. The van der Waals surface area contributed by atoms with Gasteiger partial charge in [-0.25, -0.2) is 0 Å². The van der Waals surface area contributed by atoms with Crippen molar-refractivity contribution >= 4 is 0 Å². The third-order valence-electron chi connectivity index (χ3n) is 37.0. The molecule has 32 rings (SSSR count). The standard InChI is InChI=1S/C15H24O2.C14H22O2.C13H20O2.C12H18O2.C12H20O2.C11H18O2.C10H16O2.C9H14O2.8C2H6/c1-2-4-16-15(17-5-3-1)13-7-11-6-12(9-13)10-14(15)8-11;1-2-4-16-14(15-3-1)12-6-10-5-11(8-12)9-13(14)7-10;1-2-14-13(15-3-1)11-5-9-4-10(7-11)8-12(13)6-9;1-2-14-12(13-1)10-4-8-3-9(6-10)7-11(12)5-8;1-2-6-13-12(14-7-3-1)9-10-4-5-11(12)8-10;1-2-6-13-11(12-5-1)8-9-3-4-10(11)7-9;1-2-9-5-8(1)6-10(9)7-11-3-4-12-10;1-2-8-5-7(1)6-9(8)10-3-4-11-9;8*1-2/h11-14H,1-10H2;10-13H,1-9H2;9-12H,1-8H2;8-11H,1-7H2;10-11H,1-9H2;9-10H,1-8H2;8-9H,1-7H2;7-8H,1-6H2;8*1-2H3. The molecule has 0 aromatic rings. The van der Waals surface area contributed by atoms with Gasteiger partial charge in [0.05, 0.1) is 118 Å². The summed E-state index contributed by atoms with van der Waals surface area (Å²) in [6, 6.07) is 0. The molecule has 8 heterocycles. The predicted molar refractivity (Wildman–Crippen MR) is 513 cm³/mol. The third kappa shape index (κ3) is 22.8. The van der Waals surface area contributed by atoms with Crippen LogP contribution in [0.15, 0.2) is 0 Å². The first-order valence-corrected chi connectivity index (χ1v) is 57.2. The van der Waals surface area contributed by atoms with E-state index in [2.05, 4.69) is 0 Å². The number of rotatable bonds is 0. The molecule has 16 heteroatoms. The van der Waals surface area contributed by atoms with Gasteiger partial charge in [0.25, 0.3) is 0 Å². The van der Waals surface area contributed by atoms with Crippen LogP contribution in [0.2, 0.25) is 0 Å². The fourth-order valence-electron chi connectivity index (χ4n) is 33.1. The molecule has 0 aromatic carbocycles. The summed E-state index contributed by atoms with van der Waals surface area (Å²) in [5, 5.41) is 0. The minimum Gasteiger partial charge on any atom is -0.376 e. The van der Waals surface area contributed by atoms with E-state index < -0.39 is 0 Å². The Morgan fingerprint density at radius 3 is 0.562 bits per heavy atom. The molecule has 32 fully saturated rings. The smallest absolute Gasteiger partial charge is 0.174 e. The van der Waals surface area contributed by atoms with Gasteiger partial charge in [0.2, 0.25) is 0 Å². The van der Waals surface area contributed by atoms with E-state index in [1.54, 1.807) is 0 Å². The predicted octanol–water partition coefficient (Wildman–Crippen LogP) is 27.5. The Morgan fingerprint density at radius 2 is 0.344 bits per heavy atom. The number of hydrogen-bond donors (Lipinski definition) is 0. The second-order valence-electron chi connectivity index (χ2n) is 43.6. The maximum absolute atomic E-state index is 6.33. The molecule has 744 valence electrons. The maximum Gasteiger partial charge on any atom is 0.174 e. The van der Waals surface area contributed by atoms with Gasteiger partial charge >= 0.3 is 0 Å². The van der Waals surface area contributed by atoms with E-state index in [1.807, 2.05) is 111 Å². The zero-order valence-corrected chi connectivity index (χ0v) is 85.6. The monoisotopic (exact) mass is 1800 g/mol. The summed E-state index contributed by atoms with van der Waals surface area (Å²) >= 11 is 0. The van der Waals surface area contributed by atoms with Gasteiger partial charge in [-0.1, -0.05) is 111 Å². The minimum absolute atomic E-state index is 0.0943. The molecule has 8 saturated heterocycles. The van der Waals surface area contributed by atoms with Gasteiger partial charge in [-0.15, -0.1) is 0 Å². The molecular weight excluding hydrogens is 1600 g/mol. The first-order valence-electron chi connectivity index (χ1n) is 57.2. The summed E-state index contributed by atoms with van der Waals surface area (Å²) in [7, 11) is 0. The maximum atomic E-state index is 6.33. The number of fused-ring (bicyclic) bond motifs is 12. The lowest BCUT2D eigenvalue weighted by atomic mass is 9.53. The highest BCUT2D eigenvalue weighted by Crippen LogP contribution is 2.66. The van der Waals surface area contributed by atoms with E-state index >= 15 is 0 Å². The summed E-state index contributed by atoms with van der Waals surface area (Å²) < 4.78 is 96.3. The SMILES string of the molecule is C1CCOC2(CC3CCC2C3)OC1.C1CCOC2(CC3CCC2C3)OCC1.C1CCOC2(OC1)C1CC3CC(C1)CC2C3.C1CCOC2(OCC1)C1CC3CC(C1)CC2C3.C1COC2(CC3CCC2C3)O1.C1COC2(CO1)CC1CCC2C1.C1COC2(O1)C1CC3CC(C1)CC2C3.C1COC2(OC1)C1CC3CC(C1)CC2C3.CC.CC.CC.CC.CC.CC.CC.CC. The topological polar surface area (TPSA) is 148 Å². The van der Waals surface area contributed by atoms with Crippen molar-refractivity contribution < 1.29 is 75.8 Å². The zero-order valence-electron chi connectivity index (χ0n) is 85.6. The Hall–Kier alpha value is -0.640. The molecular formula is C112H200O16. The van der Waals surface area contributed by atoms with Gasteiger partial charge in [-0.3, -0.25) is 0 Å². The molecule has 8 aliphatic heterocycles. The van der Waals surface area contributed by atoms with Gasteiger partial charge in [-0.05, 0) is 359 Å². The number of hydrogen-bond acceptors (Lipinski definition) is 16. The normalized spacial score (nSPS) is 42.4. The Kier molecular flexibility index (Phi) is 40.9. The van der Waals surface area contributed by atoms with Gasteiger partial charge in [-0.2, -0.15) is 0 Å². The van der Waals surface area contributed by atoms with Crippen molar-refractivity contribution in [3.63, 3.8) is 0 Å². The summed E-state index contributed by atoms with van der Waals surface area (Å²) in [5.74, 6) is 19.7. The van der Waals surface area contributed by atoms with E-state index in [1.165, 1.54) is 295 Å². The molecule has 0 radical (unpaired) electrons. The van der Waals surface area contributed by atoms with Crippen LogP contribution in [-0.4, -0.2) is 158 Å². The van der Waals surface area contributed by atoms with Crippen LogP contribution >= 0.6 is 0 Å². The molecule has 9 atom stereocenters. The van der Waals surface area contributed by atoms with Crippen LogP contribution < -0.4 is 0 Å².